The van der Waals surface area contributed by atoms with Gasteiger partial charge in [-0.05, 0) is 18.9 Å². The lowest BCUT2D eigenvalue weighted by Gasteiger charge is -2.14. The lowest BCUT2D eigenvalue weighted by Crippen LogP contribution is -2.32. The summed E-state index contributed by atoms with van der Waals surface area (Å²) in [7, 11) is 0. The minimum atomic E-state index is -0.809. The zero-order valence-electron chi connectivity index (χ0n) is 10.7. The predicted octanol–water partition coefficient (Wildman–Crippen LogP) is 1.53. The molecule has 1 saturated carbocycles. The Kier molecular flexibility index (Phi) is 2.69. The standard InChI is InChI=1S/C14H16N2O3/c1-8-2-4-9(5-3-8)11-7-16(14(19)15-11)12-6-10(12)13(17)18/h2-5,10-12H,6-7H2,1H3,(H,15,19)(H,17,18). The Morgan fingerprint density at radius 2 is 2.05 bits per heavy atom. The fourth-order valence-electron chi connectivity index (χ4n) is 2.62. The number of benzene rings is 1. The van der Waals surface area contributed by atoms with E-state index < -0.39 is 5.97 Å². The third kappa shape index (κ3) is 2.16. The van der Waals surface area contributed by atoms with Gasteiger partial charge in [-0.2, -0.15) is 0 Å². The van der Waals surface area contributed by atoms with Crippen LogP contribution < -0.4 is 5.32 Å². The van der Waals surface area contributed by atoms with Gasteiger partial charge in [-0.3, -0.25) is 4.79 Å². The van der Waals surface area contributed by atoms with E-state index in [1.807, 2.05) is 31.2 Å². The molecule has 100 valence electrons. The predicted molar refractivity (Wildman–Crippen MR) is 68.7 cm³/mol. The second kappa shape index (κ2) is 4.26. The zero-order valence-corrected chi connectivity index (χ0v) is 10.7. The maximum atomic E-state index is 11.9. The maximum absolute atomic E-state index is 11.9. The smallest absolute Gasteiger partial charge is 0.318 e. The summed E-state index contributed by atoms with van der Waals surface area (Å²) < 4.78 is 0. The van der Waals surface area contributed by atoms with Gasteiger partial charge in [-0.1, -0.05) is 29.8 Å². The number of urea groups is 1. The van der Waals surface area contributed by atoms with Crippen molar-refractivity contribution in [2.75, 3.05) is 6.54 Å². The summed E-state index contributed by atoms with van der Waals surface area (Å²) in [4.78, 5) is 24.4. The lowest BCUT2D eigenvalue weighted by molar-refractivity contribution is -0.138. The number of carbonyl (C=O) groups excluding carboxylic acids is 1. The van der Waals surface area contributed by atoms with E-state index in [9.17, 15) is 9.59 Å². The maximum Gasteiger partial charge on any atom is 0.318 e. The molecule has 2 aliphatic rings. The van der Waals surface area contributed by atoms with E-state index in [-0.39, 0.29) is 24.0 Å². The van der Waals surface area contributed by atoms with Crippen molar-refractivity contribution < 1.29 is 14.7 Å². The van der Waals surface area contributed by atoms with E-state index in [0.717, 1.165) is 5.56 Å². The summed E-state index contributed by atoms with van der Waals surface area (Å²) in [5.41, 5.74) is 2.24. The van der Waals surface area contributed by atoms with Crippen molar-refractivity contribution in [1.82, 2.24) is 10.2 Å². The highest BCUT2D eigenvalue weighted by Gasteiger charge is 2.51. The molecule has 3 atom stereocenters. The molecule has 3 rings (SSSR count). The van der Waals surface area contributed by atoms with Crippen LogP contribution in [0.1, 0.15) is 23.6 Å². The highest BCUT2D eigenvalue weighted by atomic mass is 16.4. The van der Waals surface area contributed by atoms with E-state index in [4.69, 9.17) is 5.11 Å². The van der Waals surface area contributed by atoms with Gasteiger partial charge in [-0.15, -0.1) is 0 Å². The Morgan fingerprint density at radius 1 is 1.37 bits per heavy atom. The first kappa shape index (κ1) is 12.0. The Hall–Kier alpha value is -2.04. The Balaban J connectivity index is 1.70. The SMILES string of the molecule is Cc1ccc(C2CN(C3CC3C(=O)O)C(=O)N2)cc1. The van der Waals surface area contributed by atoms with Gasteiger partial charge in [0, 0.05) is 12.6 Å². The minimum absolute atomic E-state index is 0.0388. The van der Waals surface area contributed by atoms with Crippen molar-refractivity contribution in [3.63, 3.8) is 0 Å². The second-order valence-electron chi connectivity index (χ2n) is 5.31. The van der Waals surface area contributed by atoms with Gasteiger partial charge < -0.3 is 15.3 Å². The van der Waals surface area contributed by atoms with Crippen molar-refractivity contribution in [3.8, 4) is 0 Å². The molecule has 1 aliphatic carbocycles. The number of rotatable bonds is 3. The third-order valence-electron chi connectivity index (χ3n) is 3.89. The number of hydrogen-bond acceptors (Lipinski definition) is 2. The van der Waals surface area contributed by atoms with Crippen LogP contribution in [-0.4, -0.2) is 34.6 Å². The molecule has 3 unspecified atom stereocenters. The number of carbonyl (C=O) groups is 2. The van der Waals surface area contributed by atoms with E-state index >= 15 is 0 Å². The van der Waals surface area contributed by atoms with Crippen LogP contribution in [0.5, 0.6) is 0 Å². The van der Waals surface area contributed by atoms with Gasteiger partial charge in [0.05, 0.1) is 12.0 Å². The van der Waals surface area contributed by atoms with E-state index in [2.05, 4.69) is 5.32 Å². The van der Waals surface area contributed by atoms with Gasteiger partial charge in [0.25, 0.3) is 0 Å². The minimum Gasteiger partial charge on any atom is -0.481 e. The molecule has 2 N–H and O–H groups in total. The van der Waals surface area contributed by atoms with Gasteiger partial charge in [0.1, 0.15) is 0 Å². The Labute approximate surface area is 111 Å². The monoisotopic (exact) mass is 260 g/mol. The number of carboxylic acid groups (broad SMARTS) is 1. The van der Waals surface area contributed by atoms with Crippen LogP contribution in [0.3, 0.4) is 0 Å². The van der Waals surface area contributed by atoms with Crippen molar-refractivity contribution in [3.05, 3.63) is 35.4 Å². The molecule has 0 radical (unpaired) electrons. The molecule has 1 heterocycles. The number of amides is 2. The molecule has 19 heavy (non-hydrogen) atoms. The van der Waals surface area contributed by atoms with Gasteiger partial charge in [0.15, 0.2) is 0 Å². The number of aliphatic carboxylic acids is 1. The van der Waals surface area contributed by atoms with Gasteiger partial charge in [0.2, 0.25) is 0 Å². The number of nitrogens with one attached hydrogen (secondary N) is 1. The third-order valence-corrected chi connectivity index (χ3v) is 3.89. The van der Waals surface area contributed by atoms with E-state index in [1.165, 1.54) is 5.56 Å². The van der Waals surface area contributed by atoms with Crippen LogP contribution in [0.25, 0.3) is 0 Å². The summed E-state index contributed by atoms with van der Waals surface area (Å²) >= 11 is 0. The van der Waals surface area contributed by atoms with Gasteiger partial charge in [-0.25, -0.2) is 4.79 Å². The first-order valence-corrected chi connectivity index (χ1v) is 6.43. The quantitative estimate of drug-likeness (QED) is 0.866. The average molecular weight is 260 g/mol. The zero-order chi connectivity index (χ0) is 13.6. The van der Waals surface area contributed by atoms with Crippen molar-refractivity contribution in [2.24, 2.45) is 5.92 Å². The normalized spacial score (nSPS) is 29.2. The van der Waals surface area contributed by atoms with Crippen LogP contribution in [0.2, 0.25) is 0 Å². The summed E-state index contributed by atoms with van der Waals surface area (Å²) in [6, 6.07) is 7.72. The van der Waals surface area contributed by atoms with Crippen LogP contribution >= 0.6 is 0 Å². The molecular weight excluding hydrogens is 244 g/mol. The van der Waals surface area contributed by atoms with Crippen molar-refractivity contribution >= 4 is 12.0 Å². The molecular formula is C14H16N2O3. The molecule has 0 spiro atoms. The molecule has 1 aliphatic heterocycles. The molecule has 1 aromatic rings. The fraction of sp³-hybridized carbons (Fsp3) is 0.429. The summed E-state index contributed by atoms with van der Waals surface area (Å²) in [6.07, 6.45) is 0.573. The molecule has 5 nitrogen and oxygen atoms in total. The molecule has 1 aromatic carbocycles. The lowest BCUT2D eigenvalue weighted by atomic mass is 10.1. The Bertz CT molecular complexity index is 526. The summed E-state index contributed by atoms with van der Waals surface area (Å²) in [5, 5.41) is 11.8. The highest BCUT2D eigenvalue weighted by Crippen LogP contribution is 2.38. The number of aryl methyl sites for hydroxylation is 1. The highest BCUT2D eigenvalue weighted by molar-refractivity contribution is 5.81. The van der Waals surface area contributed by atoms with E-state index in [1.54, 1.807) is 4.90 Å². The number of nitrogens with zero attached hydrogens (tertiary/aromatic N) is 1. The van der Waals surface area contributed by atoms with Gasteiger partial charge >= 0.3 is 12.0 Å². The first-order valence-electron chi connectivity index (χ1n) is 6.43. The topological polar surface area (TPSA) is 69.6 Å². The van der Waals surface area contributed by atoms with Crippen LogP contribution in [0.15, 0.2) is 24.3 Å². The van der Waals surface area contributed by atoms with Crippen molar-refractivity contribution in [2.45, 2.75) is 25.4 Å². The summed E-state index contributed by atoms with van der Waals surface area (Å²) in [5.74, 6) is -1.20. The molecule has 0 bridgehead atoms. The van der Waals surface area contributed by atoms with E-state index in [0.29, 0.717) is 13.0 Å². The number of carboxylic acids is 1. The number of hydrogen-bond donors (Lipinski definition) is 2. The Morgan fingerprint density at radius 3 is 2.63 bits per heavy atom. The average Bonchev–Trinajstić information content (AvgIpc) is 3.08. The largest absolute Gasteiger partial charge is 0.481 e. The van der Waals surface area contributed by atoms with Crippen LogP contribution in [-0.2, 0) is 4.79 Å². The van der Waals surface area contributed by atoms with Crippen LogP contribution in [0, 0.1) is 12.8 Å². The molecule has 0 aromatic heterocycles. The second-order valence-corrected chi connectivity index (χ2v) is 5.31. The fourth-order valence-corrected chi connectivity index (χ4v) is 2.62. The molecule has 1 saturated heterocycles. The first-order chi connectivity index (χ1) is 9.06. The van der Waals surface area contributed by atoms with Crippen LogP contribution in [0.4, 0.5) is 4.79 Å². The molecule has 2 fully saturated rings. The molecule has 5 heteroatoms. The summed E-state index contributed by atoms with van der Waals surface area (Å²) in [6.45, 7) is 2.57. The molecule has 2 amide bonds. The van der Waals surface area contributed by atoms with Crippen molar-refractivity contribution in [1.29, 1.82) is 0 Å².